The third kappa shape index (κ3) is 4.20. The number of ketones is 1. The highest BCUT2D eigenvalue weighted by molar-refractivity contribution is 6.46. The minimum absolute atomic E-state index is 0.0628. The summed E-state index contributed by atoms with van der Waals surface area (Å²) in [4.78, 5) is 32.1. The molecule has 35 heavy (non-hydrogen) atoms. The van der Waals surface area contributed by atoms with Gasteiger partial charge in [0.15, 0.2) is 0 Å². The summed E-state index contributed by atoms with van der Waals surface area (Å²) >= 11 is 0. The summed E-state index contributed by atoms with van der Waals surface area (Å²) < 4.78 is 5.78. The maximum absolute atomic E-state index is 13.3. The molecule has 0 spiro atoms. The standard InChI is InChI=1S/C29H28N2O4/c1-17(2)20-4-6-21(7-5-20)26-25(27(32)22-8-9-24-23(15-22)14-18(3)35-24)28(33)29(34)31(26)16-19-10-12-30-13-11-19/h4-13,15,17-18,26,32H,14,16H2,1-3H3/b27-25+/t18-,26+/m1/s1. The molecule has 3 heterocycles. The van der Waals surface area contributed by atoms with Crippen molar-refractivity contribution in [1.82, 2.24) is 9.88 Å². The minimum atomic E-state index is -0.701. The number of fused-ring (bicyclic) bond motifs is 1. The molecule has 0 saturated carbocycles. The first kappa shape index (κ1) is 22.8. The number of benzene rings is 2. The Hall–Kier alpha value is -3.93. The number of ether oxygens (including phenoxy) is 1. The van der Waals surface area contributed by atoms with E-state index < -0.39 is 17.7 Å². The van der Waals surface area contributed by atoms with Gasteiger partial charge in [0.1, 0.15) is 17.6 Å². The lowest BCUT2D eigenvalue weighted by Crippen LogP contribution is -2.29. The van der Waals surface area contributed by atoms with Crippen molar-refractivity contribution < 1.29 is 19.4 Å². The summed E-state index contributed by atoms with van der Waals surface area (Å²) in [6, 6.07) is 16.3. The quantitative estimate of drug-likeness (QED) is 0.318. The highest BCUT2D eigenvalue weighted by Gasteiger charge is 2.46. The van der Waals surface area contributed by atoms with Gasteiger partial charge in [-0.1, -0.05) is 38.1 Å². The van der Waals surface area contributed by atoms with Crippen LogP contribution in [-0.2, 0) is 22.6 Å². The second kappa shape index (κ2) is 9.02. The molecule has 0 aliphatic carbocycles. The highest BCUT2D eigenvalue weighted by atomic mass is 16.5. The fraction of sp³-hybridized carbons (Fsp3) is 0.276. The molecule has 3 aromatic rings. The Labute approximate surface area is 204 Å². The van der Waals surface area contributed by atoms with E-state index in [-0.39, 0.29) is 24.0 Å². The van der Waals surface area contributed by atoms with Crippen molar-refractivity contribution in [2.24, 2.45) is 0 Å². The Balaban J connectivity index is 1.62. The molecule has 2 atom stereocenters. The van der Waals surface area contributed by atoms with E-state index in [0.717, 1.165) is 34.4 Å². The van der Waals surface area contributed by atoms with E-state index in [9.17, 15) is 14.7 Å². The first-order chi connectivity index (χ1) is 16.8. The van der Waals surface area contributed by atoms with Crippen LogP contribution < -0.4 is 4.74 Å². The lowest BCUT2D eigenvalue weighted by Gasteiger charge is -2.26. The number of rotatable bonds is 5. The zero-order valence-corrected chi connectivity index (χ0v) is 20.1. The second-order valence-corrected chi connectivity index (χ2v) is 9.56. The predicted molar refractivity (Wildman–Crippen MR) is 133 cm³/mol. The van der Waals surface area contributed by atoms with Crippen LogP contribution in [0.15, 0.2) is 72.6 Å². The van der Waals surface area contributed by atoms with Crippen LogP contribution in [0.4, 0.5) is 0 Å². The number of aromatic nitrogens is 1. The Kier molecular flexibility index (Phi) is 5.89. The molecule has 6 heteroatoms. The summed E-state index contributed by atoms with van der Waals surface area (Å²) in [5.74, 6) is -0.337. The van der Waals surface area contributed by atoms with Gasteiger partial charge in [0, 0.05) is 30.9 Å². The summed E-state index contributed by atoms with van der Waals surface area (Å²) in [6.07, 6.45) is 4.11. The van der Waals surface area contributed by atoms with Crippen molar-refractivity contribution in [2.45, 2.75) is 51.8 Å². The third-order valence-electron chi connectivity index (χ3n) is 6.73. The first-order valence-corrected chi connectivity index (χ1v) is 11.9. The number of aliphatic hydroxyl groups is 1. The SMILES string of the molecule is CC(C)c1ccc([C@H]2/C(=C(\O)c3ccc4c(c3)C[C@@H](C)O4)C(=O)C(=O)N2Cc2ccncc2)cc1. The Morgan fingerprint density at radius 1 is 1.09 bits per heavy atom. The van der Waals surface area contributed by atoms with E-state index in [1.807, 2.05) is 55.5 Å². The second-order valence-electron chi connectivity index (χ2n) is 9.56. The van der Waals surface area contributed by atoms with Gasteiger partial charge >= 0.3 is 0 Å². The summed E-state index contributed by atoms with van der Waals surface area (Å²) in [5.41, 5.74) is 4.38. The first-order valence-electron chi connectivity index (χ1n) is 11.9. The van der Waals surface area contributed by atoms with Crippen molar-refractivity contribution in [1.29, 1.82) is 0 Å². The van der Waals surface area contributed by atoms with Crippen LogP contribution in [0.5, 0.6) is 5.75 Å². The normalized spacial score (nSPS) is 20.9. The molecule has 0 bridgehead atoms. The number of amides is 1. The van der Waals surface area contributed by atoms with Crippen LogP contribution in [0.2, 0.25) is 0 Å². The van der Waals surface area contributed by atoms with Crippen molar-refractivity contribution in [2.75, 3.05) is 0 Å². The fourth-order valence-electron chi connectivity index (χ4n) is 4.86. The van der Waals surface area contributed by atoms with Crippen LogP contribution in [0.1, 0.15) is 60.5 Å². The smallest absolute Gasteiger partial charge is 0.295 e. The van der Waals surface area contributed by atoms with E-state index in [1.54, 1.807) is 18.5 Å². The molecule has 1 amide bonds. The zero-order valence-electron chi connectivity index (χ0n) is 20.1. The van der Waals surface area contributed by atoms with Gasteiger partial charge in [-0.3, -0.25) is 14.6 Å². The van der Waals surface area contributed by atoms with Gasteiger partial charge in [0.05, 0.1) is 11.6 Å². The van der Waals surface area contributed by atoms with Gasteiger partial charge in [-0.05, 0) is 65.4 Å². The Morgan fingerprint density at radius 3 is 2.49 bits per heavy atom. The number of pyridine rings is 1. The number of carbonyl (C=O) groups is 2. The molecule has 1 saturated heterocycles. The molecule has 5 rings (SSSR count). The van der Waals surface area contributed by atoms with Crippen molar-refractivity contribution in [3.05, 3.63) is 100 Å². The van der Waals surface area contributed by atoms with E-state index >= 15 is 0 Å². The van der Waals surface area contributed by atoms with Crippen LogP contribution in [0.3, 0.4) is 0 Å². The Bertz CT molecular complexity index is 1310. The molecular formula is C29H28N2O4. The number of Topliss-reactive ketones (excluding diaryl/α,β-unsaturated/α-hetero) is 1. The lowest BCUT2D eigenvalue weighted by atomic mass is 9.92. The molecule has 1 aromatic heterocycles. The molecule has 2 aromatic carbocycles. The number of likely N-dealkylation sites (tertiary alicyclic amines) is 1. The molecule has 2 aliphatic heterocycles. The minimum Gasteiger partial charge on any atom is -0.507 e. The van der Waals surface area contributed by atoms with Gasteiger partial charge < -0.3 is 14.7 Å². The monoisotopic (exact) mass is 468 g/mol. The van der Waals surface area contributed by atoms with Gasteiger partial charge in [-0.15, -0.1) is 0 Å². The molecule has 2 aliphatic rings. The van der Waals surface area contributed by atoms with Gasteiger partial charge in [0.25, 0.3) is 11.7 Å². The number of carbonyl (C=O) groups excluding carboxylic acids is 2. The van der Waals surface area contributed by atoms with Gasteiger partial charge in [0.2, 0.25) is 0 Å². The van der Waals surface area contributed by atoms with Crippen LogP contribution in [0, 0.1) is 0 Å². The number of aliphatic hydroxyl groups excluding tert-OH is 1. The van der Waals surface area contributed by atoms with E-state index in [0.29, 0.717) is 11.5 Å². The molecule has 1 N–H and O–H groups in total. The van der Waals surface area contributed by atoms with Gasteiger partial charge in [-0.25, -0.2) is 0 Å². The number of hydrogen-bond acceptors (Lipinski definition) is 5. The van der Waals surface area contributed by atoms with Crippen molar-refractivity contribution in [3.63, 3.8) is 0 Å². The van der Waals surface area contributed by atoms with E-state index in [2.05, 4.69) is 18.8 Å². The number of hydrogen-bond donors (Lipinski definition) is 1. The van der Waals surface area contributed by atoms with E-state index in [1.165, 1.54) is 4.90 Å². The van der Waals surface area contributed by atoms with Crippen molar-refractivity contribution in [3.8, 4) is 5.75 Å². The van der Waals surface area contributed by atoms with Gasteiger partial charge in [-0.2, -0.15) is 0 Å². The predicted octanol–water partition coefficient (Wildman–Crippen LogP) is 5.15. The Morgan fingerprint density at radius 2 is 1.80 bits per heavy atom. The lowest BCUT2D eigenvalue weighted by molar-refractivity contribution is -0.140. The summed E-state index contributed by atoms with van der Waals surface area (Å²) in [5, 5.41) is 11.4. The fourth-order valence-corrected chi connectivity index (χ4v) is 4.86. The molecular weight excluding hydrogens is 440 g/mol. The largest absolute Gasteiger partial charge is 0.507 e. The third-order valence-corrected chi connectivity index (χ3v) is 6.73. The topological polar surface area (TPSA) is 79.7 Å². The van der Waals surface area contributed by atoms with Crippen LogP contribution >= 0.6 is 0 Å². The molecule has 178 valence electrons. The van der Waals surface area contributed by atoms with Crippen LogP contribution in [-0.4, -0.2) is 32.8 Å². The summed E-state index contributed by atoms with van der Waals surface area (Å²) in [6.45, 7) is 6.45. The average Bonchev–Trinajstić information content (AvgIpc) is 3.35. The molecule has 0 radical (unpaired) electrons. The maximum Gasteiger partial charge on any atom is 0.295 e. The summed E-state index contributed by atoms with van der Waals surface area (Å²) in [7, 11) is 0. The average molecular weight is 469 g/mol. The highest BCUT2D eigenvalue weighted by Crippen LogP contribution is 2.41. The molecule has 1 fully saturated rings. The molecule has 6 nitrogen and oxygen atoms in total. The zero-order chi connectivity index (χ0) is 24.7. The number of nitrogens with zero attached hydrogens (tertiary/aromatic N) is 2. The maximum atomic E-state index is 13.3. The molecule has 0 unspecified atom stereocenters. The van der Waals surface area contributed by atoms with Crippen molar-refractivity contribution >= 4 is 17.4 Å². The van der Waals surface area contributed by atoms with Crippen LogP contribution in [0.25, 0.3) is 5.76 Å². The van der Waals surface area contributed by atoms with E-state index in [4.69, 9.17) is 4.74 Å².